The molecule has 2 N–H and O–H groups in total. The molecule has 1 aliphatic rings. The van der Waals surface area contributed by atoms with Gasteiger partial charge in [-0.25, -0.2) is 4.68 Å². The second kappa shape index (κ2) is 5.40. The number of hydrogen-bond acceptors (Lipinski definition) is 3. The fourth-order valence-corrected chi connectivity index (χ4v) is 2.77. The maximum Gasteiger partial charge on any atom is 0.290 e. The van der Waals surface area contributed by atoms with Crippen LogP contribution in [0.3, 0.4) is 0 Å². The molecule has 0 spiro atoms. The quantitative estimate of drug-likeness (QED) is 0.651. The first-order valence-electron chi connectivity index (χ1n) is 6.88. The molecular formula is C15H16N4O2. The van der Waals surface area contributed by atoms with Crippen molar-refractivity contribution in [2.24, 2.45) is 0 Å². The summed E-state index contributed by atoms with van der Waals surface area (Å²) in [7, 11) is 0. The van der Waals surface area contributed by atoms with Crippen molar-refractivity contribution in [2.75, 3.05) is 0 Å². The van der Waals surface area contributed by atoms with Gasteiger partial charge in [0.2, 0.25) is 6.41 Å². The number of amides is 2. The largest absolute Gasteiger partial charge is 0.290 e. The van der Waals surface area contributed by atoms with Gasteiger partial charge in [0.25, 0.3) is 5.91 Å². The third-order valence-corrected chi connectivity index (χ3v) is 3.73. The molecule has 0 unspecified atom stereocenters. The van der Waals surface area contributed by atoms with Crippen molar-refractivity contribution >= 4 is 12.3 Å². The van der Waals surface area contributed by atoms with Crippen molar-refractivity contribution in [1.82, 2.24) is 20.6 Å². The molecule has 0 fully saturated rings. The standard InChI is InChI=1S/C15H16N4O2/c1-10-5-2-3-7-12(10)19-13-8-4-6-11(13)14(18-19)15(21)17-16-9-20/h2-3,5,7,9H,4,6,8H2,1H3,(H,16,20)(H,17,21). The molecule has 0 saturated carbocycles. The lowest BCUT2D eigenvalue weighted by Gasteiger charge is -2.08. The summed E-state index contributed by atoms with van der Waals surface area (Å²) in [5.74, 6) is -0.382. The van der Waals surface area contributed by atoms with Gasteiger partial charge in [-0.15, -0.1) is 0 Å². The van der Waals surface area contributed by atoms with Crippen LogP contribution in [-0.2, 0) is 17.6 Å². The molecule has 0 saturated heterocycles. The Balaban J connectivity index is 2.06. The number of aromatic nitrogens is 2. The molecule has 3 rings (SSSR count). The van der Waals surface area contributed by atoms with Crippen LogP contribution in [0.15, 0.2) is 24.3 Å². The van der Waals surface area contributed by atoms with E-state index in [-0.39, 0.29) is 5.91 Å². The molecule has 0 bridgehead atoms. The van der Waals surface area contributed by atoms with Crippen molar-refractivity contribution in [3.8, 4) is 5.69 Å². The van der Waals surface area contributed by atoms with Gasteiger partial charge < -0.3 is 0 Å². The molecule has 1 heterocycles. The van der Waals surface area contributed by atoms with E-state index in [1.807, 2.05) is 35.9 Å². The Kier molecular flexibility index (Phi) is 3.43. The minimum atomic E-state index is -0.382. The number of aryl methyl sites for hydroxylation is 1. The van der Waals surface area contributed by atoms with Crippen molar-refractivity contribution in [2.45, 2.75) is 26.2 Å². The lowest BCUT2D eigenvalue weighted by Crippen LogP contribution is -2.36. The summed E-state index contributed by atoms with van der Waals surface area (Å²) in [6.07, 6.45) is 3.19. The summed E-state index contributed by atoms with van der Waals surface area (Å²) in [4.78, 5) is 22.4. The Labute approximate surface area is 122 Å². The first kappa shape index (κ1) is 13.4. The Morgan fingerprint density at radius 1 is 1.33 bits per heavy atom. The number of benzene rings is 1. The van der Waals surface area contributed by atoms with Crippen LogP contribution in [0.2, 0.25) is 0 Å². The molecule has 0 atom stereocenters. The third kappa shape index (κ3) is 2.29. The van der Waals surface area contributed by atoms with Crippen LogP contribution in [0.25, 0.3) is 5.69 Å². The molecule has 1 aromatic heterocycles. The SMILES string of the molecule is Cc1ccccc1-n1nc(C(=O)NNC=O)c2c1CCC2. The molecule has 108 valence electrons. The van der Waals surface area contributed by atoms with E-state index in [0.29, 0.717) is 12.1 Å². The van der Waals surface area contributed by atoms with E-state index in [4.69, 9.17) is 0 Å². The lowest BCUT2D eigenvalue weighted by molar-refractivity contribution is -0.110. The van der Waals surface area contributed by atoms with Gasteiger partial charge in [-0.3, -0.25) is 20.4 Å². The summed E-state index contributed by atoms with van der Waals surface area (Å²) in [6.45, 7) is 2.02. The highest BCUT2D eigenvalue weighted by atomic mass is 16.2. The summed E-state index contributed by atoms with van der Waals surface area (Å²) in [5, 5.41) is 4.46. The number of nitrogens with one attached hydrogen (secondary N) is 2. The van der Waals surface area contributed by atoms with Gasteiger partial charge in [0, 0.05) is 11.3 Å². The lowest BCUT2D eigenvalue weighted by atomic mass is 10.2. The van der Waals surface area contributed by atoms with Crippen molar-refractivity contribution in [3.63, 3.8) is 0 Å². The average molecular weight is 284 g/mol. The molecule has 0 aliphatic heterocycles. The van der Waals surface area contributed by atoms with E-state index in [2.05, 4.69) is 16.0 Å². The average Bonchev–Trinajstić information content (AvgIpc) is 3.07. The van der Waals surface area contributed by atoms with Crippen LogP contribution in [-0.4, -0.2) is 22.1 Å². The monoisotopic (exact) mass is 284 g/mol. The smallest absolute Gasteiger partial charge is 0.277 e. The van der Waals surface area contributed by atoms with Crippen molar-refractivity contribution < 1.29 is 9.59 Å². The molecule has 6 nitrogen and oxygen atoms in total. The van der Waals surface area contributed by atoms with E-state index in [0.717, 1.165) is 41.8 Å². The van der Waals surface area contributed by atoms with Gasteiger partial charge in [-0.1, -0.05) is 18.2 Å². The fraction of sp³-hybridized carbons (Fsp3) is 0.267. The van der Waals surface area contributed by atoms with Crippen LogP contribution in [0.4, 0.5) is 0 Å². The number of rotatable bonds is 4. The fourth-order valence-electron chi connectivity index (χ4n) is 2.77. The second-order valence-electron chi connectivity index (χ2n) is 5.04. The van der Waals surface area contributed by atoms with Crippen LogP contribution >= 0.6 is 0 Å². The van der Waals surface area contributed by atoms with Crippen LogP contribution < -0.4 is 10.9 Å². The molecule has 2 aromatic rings. The summed E-state index contributed by atoms with van der Waals surface area (Å²) in [5.41, 5.74) is 9.03. The zero-order valence-electron chi connectivity index (χ0n) is 11.7. The van der Waals surface area contributed by atoms with Crippen molar-refractivity contribution in [1.29, 1.82) is 0 Å². The maximum atomic E-state index is 12.1. The minimum absolute atomic E-state index is 0.382. The normalized spacial score (nSPS) is 12.8. The van der Waals surface area contributed by atoms with Crippen LogP contribution in [0, 0.1) is 6.92 Å². The van der Waals surface area contributed by atoms with Gasteiger partial charge in [-0.05, 0) is 37.8 Å². The topological polar surface area (TPSA) is 76.0 Å². The zero-order chi connectivity index (χ0) is 14.8. The highest BCUT2D eigenvalue weighted by molar-refractivity contribution is 5.94. The molecule has 2 amide bonds. The Morgan fingerprint density at radius 3 is 2.90 bits per heavy atom. The molecule has 6 heteroatoms. The van der Waals surface area contributed by atoms with Gasteiger partial charge >= 0.3 is 0 Å². The summed E-state index contributed by atoms with van der Waals surface area (Å²) in [6, 6.07) is 7.95. The Hall–Kier alpha value is -2.63. The predicted molar refractivity (Wildman–Crippen MR) is 77.0 cm³/mol. The maximum absolute atomic E-state index is 12.1. The number of carbonyl (C=O) groups excluding carboxylic acids is 2. The van der Waals surface area contributed by atoms with E-state index in [1.54, 1.807) is 0 Å². The number of hydrogen-bond donors (Lipinski definition) is 2. The van der Waals surface area contributed by atoms with Crippen LogP contribution in [0.1, 0.15) is 33.7 Å². The van der Waals surface area contributed by atoms with Gasteiger partial charge in [0.05, 0.1) is 5.69 Å². The summed E-state index contributed by atoms with van der Waals surface area (Å²) >= 11 is 0. The summed E-state index contributed by atoms with van der Waals surface area (Å²) < 4.78 is 1.85. The first-order valence-corrected chi connectivity index (χ1v) is 6.88. The van der Waals surface area contributed by atoms with E-state index in [9.17, 15) is 9.59 Å². The first-order chi connectivity index (χ1) is 10.2. The molecular weight excluding hydrogens is 268 g/mol. The highest BCUT2D eigenvalue weighted by Crippen LogP contribution is 2.28. The molecule has 1 aliphatic carbocycles. The van der Waals surface area contributed by atoms with Crippen molar-refractivity contribution in [3.05, 3.63) is 46.8 Å². The third-order valence-electron chi connectivity index (χ3n) is 3.73. The second-order valence-corrected chi connectivity index (χ2v) is 5.04. The van der Waals surface area contributed by atoms with E-state index >= 15 is 0 Å². The van der Waals surface area contributed by atoms with Crippen LogP contribution in [0.5, 0.6) is 0 Å². The van der Waals surface area contributed by atoms with Gasteiger partial charge in [0.15, 0.2) is 5.69 Å². The molecule has 1 aromatic carbocycles. The van der Waals surface area contributed by atoms with E-state index in [1.165, 1.54) is 0 Å². The number of para-hydroxylation sites is 1. The van der Waals surface area contributed by atoms with Gasteiger partial charge in [0.1, 0.15) is 0 Å². The number of fused-ring (bicyclic) bond motifs is 1. The zero-order valence-corrected chi connectivity index (χ0v) is 11.7. The predicted octanol–water partition coefficient (Wildman–Crippen LogP) is 1.06. The molecule has 21 heavy (non-hydrogen) atoms. The highest BCUT2D eigenvalue weighted by Gasteiger charge is 2.27. The van der Waals surface area contributed by atoms with E-state index < -0.39 is 0 Å². The van der Waals surface area contributed by atoms with Gasteiger partial charge in [-0.2, -0.15) is 5.10 Å². The number of carbonyl (C=O) groups is 2. The number of nitrogens with zero attached hydrogens (tertiary/aromatic N) is 2. The minimum Gasteiger partial charge on any atom is -0.277 e. The Bertz CT molecular complexity index is 706. The number of hydrazine groups is 1. The molecule has 0 radical (unpaired) electrons. The Morgan fingerprint density at radius 2 is 2.14 bits per heavy atom.